The molecule has 156 valence electrons. The molecule has 6 nitrogen and oxygen atoms in total. The summed E-state index contributed by atoms with van der Waals surface area (Å²) in [5.41, 5.74) is -0.510. The zero-order valence-corrected chi connectivity index (χ0v) is 17.8. The van der Waals surface area contributed by atoms with Crippen LogP contribution >= 0.6 is 0 Å². The molecule has 5 atom stereocenters. The number of aliphatic hydroxyl groups excluding tert-OH is 1. The lowest BCUT2D eigenvalue weighted by atomic mass is 9.58. The highest BCUT2D eigenvalue weighted by atomic mass is 32.2. The third-order valence-electron chi connectivity index (χ3n) is 7.08. The lowest BCUT2D eigenvalue weighted by Crippen LogP contribution is -2.59. The first kappa shape index (κ1) is 21.1. The Morgan fingerprint density at radius 1 is 1.21 bits per heavy atom. The van der Waals surface area contributed by atoms with E-state index in [2.05, 4.69) is 0 Å². The van der Waals surface area contributed by atoms with Crippen molar-refractivity contribution >= 4 is 15.8 Å². The maximum absolute atomic E-state index is 13.5. The molecule has 2 aliphatic rings. The zero-order valence-electron chi connectivity index (χ0n) is 17.0. The van der Waals surface area contributed by atoms with Gasteiger partial charge in [-0.1, -0.05) is 26.0 Å². The predicted molar refractivity (Wildman–Crippen MR) is 106 cm³/mol. The predicted octanol–water partition coefficient (Wildman–Crippen LogP) is 2.87. The van der Waals surface area contributed by atoms with Gasteiger partial charge in [-0.3, -0.25) is 4.79 Å². The number of fused-ring (bicyclic) bond motifs is 1. The summed E-state index contributed by atoms with van der Waals surface area (Å²) in [5, 5.41) is 9.87. The van der Waals surface area contributed by atoms with Crippen LogP contribution in [0.1, 0.15) is 52.0 Å². The van der Waals surface area contributed by atoms with E-state index in [1.807, 2.05) is 13.8 Å². The quantitative estimate of drug-likeness (QED) is 0.751. The van der Waals surface area contributed by atoms with Gasteiger partial charge in [0.25, 0.3) is 0 Å². The molecular formula is C21H30O6S. The largest absolute Gasteiger partial charge is 0.497 e. The van der Waals surface area contributed by atoms with Crippen LogP contribution in [0.4, 0.5) is 0 Å². The van der Waals surface area contributed by atoms with Gasteiger partial charge in [0.15, 0.2) is 9.84 Å². The summed E-state index contributed by atoms with van der Waals surface area (Å²) < 4.78 is 37.7. The number of esters is 1. The van der Waals surface area contributed by atoms with Crippen molar-refractivity contribution in [3.63, 3.8) is 0 Å². The monoisotopic (exact) mass is 410 g/mol. The fraction of sp³-hybridized carbons (Fsp3) is 0.667. The number of benzene rings is 1. The standard InChI is InChI=1S/C21H30O6S/c1-14(22)27-18-9-11-21(3)19(17(23)8-10-20(18,21)2)28(24,25)13-15-6-5-7-16(12-15)26-4/h5-7,12,17-19,23H,8-11,13H2,1-4H3/t17-,18+,19+,20+,21-/m0/s1. The number of sulfone groups is 1. The summed E-state index contributed by atoms with van der Waals surface area (Å²) in [4.78, 5) is 11.6. The number of carbonyl (C=O) groups is 1. The highest BCUT2D eigenvalue weighted by Gasteiger charge is 2.65. The van der Waals surface area contributed by atoms with E-state index in [0.29, 0.717) is 37.0 Å². The smallest absolute Gasteiger partial charge is 0.302 e. The van der Waals surface area contributed by atoms with E-state index in [4.69, 9.17) is 9.47 Å². The van der Waals surface area contributed by atoms with Gasteiger partial charge in [-0.25, -0.2) is 8.42 Å². The summed E-state index contributed by atoms with van der Waals surface area (Å²) in [7, 11) is -2.12. The molecule has 2 saturated carbocycles. The second-order valence-electron chi connectivity index (χ2n) is 8.66. The van der Waals surface area contributed by atoms with Crippen molar-refractivity contribution in [1.82, 2.24) is 0 Å². The minimum atomic E-state index is -3.66. The first-order chi connectivity index (χ1) is 13.0. The summed E-state index contributed by atoms with van der Waals surface area (Å²) in [5.74, 6) is 0.0941. The van der Waals surface area contributed by atoms with Gasteiger partial charge in [0.05, 0.1) is 24.2 Å². The first-order valence-electron chi connectivity index (χ1n) is 9.73. The van der Waals surface area contributed by atoms with E-state index in [9.17, 15) is 18.3 Å². The van der Waals surface area contributed by atoms with Crippen molar-refractivity contribution < 1.29 is 27.8 Å². The van der Waals surface area contributed by atoms with Gasteiger partial charge in [-0.15, -0.1) is 0 Å². The van der Waals surface area contributed by atoms with Gasteiger partial charge >= 0.3 is 5.97 Å². The number of rotatable bonds is 5. The molecule has 1 aromatic carbocycles. The van der Waals surface area contributed by atoms with Gasteiger partial charge in [0.2, 0.25) is 0 Å². The third-order valence-corrected chi connectivity index (χ3v) is 9.42. The Balaban J connectivity index is 1.95. The van der Waals surface area contributed by atoms with E-state index < -0.39 is 32.0 Å². The minimum Gasteiger partial charge on any atom is -0.497 e. The number of aliphatic hydroxyl groups is 1. The number of ether oxygens (including phenoxy) is 2. The van der Waals surface area contributed by atoms with Crippen molar-refractivity contribution in [2.45, 2.75) is 69.7 Å². The van der Waals surface area contributed by atoms with E-state index in [1.165, 1.54) is 6.92 Å². The van der Waals surface area contributed by atoms with Crippen LogP contribution in [0.3, 0.4) is 0 Å². The lowest BCUT2D eigenvalue weighted by molar-refractivity contribution is -0.157. The van der Waals surface area contributed by atoms with Gasteiger partial charge in [-0.05, 0) is 48.8 Å². The Labute approximate surface area is 167 Å². The molecule has 1 N–H and O–H groups in total. The average Bonchev–Trinajstić information content (AvgIpc) is 2.85. The molecule has 28 heavy (non-hydrogen) atoms. The SMILES string of the molecule is COc1cccc(CS(=O)(=O)[C@@H]2[C@@H](O)CC[C@]3(C)[C@H](OC(C)=O)CC[C@@]23C)c1. The van der Waals surface area contributed by atoms with Crippen molar-refractivity contribution in [2.75, 3.05) is 7.11 Å². The van der Waals surface area contributed by atoms with Crippen molar-refractivity contribution in [3.8, 4) is 5.75 Å². The first-order valence-corrected chi connectivity index (χ1v) is 11.4. The molecule has 1 aromatic rings. The van der Waals surface area contributed by atoms with Gasteiger partial charge in [-0.2, -0.15) is 0 Å². The Morgan fingerprint density at radius 3 is 2.54 bits per heavy atom. The fourth-order valence-corrected chi connectivity index (χ4v) is 8.07. The number of methoxy groups -OCH3 is 1. The van der Waals surface area contributed by atoms with E-state index in [0.717, 1.165) is 0 Å². The molecular weight excluding hydrogens is 380 g/mol. The molecule has 0 spiro atoms. The Morgan fingerprint density at radius 2 is 1.89 bits per heavy atom. The summed E-state index contributed by atoms with van der Waals surface area (Å²) in [6.45, 7) is 5.33. The van der Waals surface area contributed by atoms with Crippen LogP contribution in [0.5, 0.6) is 5.75 Å². The van der Waals surface area contributed by atoms with E-state index in [-0.39, 0.29) is 17.8 Å². The summed E-state index contributed by atoms with van der Waals surface area (Å²) in [6.07, 6.45) is 0.978. The highest BCUT2D eigenvalue weighted by Crippen LogP contribution is 2.63. The van der Waals surface area contributed by atoms with Gasteiger partial charge in [0, 0.05) is 12.3 Å². The average molecular weight is 411 g/mol. The molecule has 7 heteroatoms. The van der Waals surface area contributed by atoms with Gasteiger partial charge < -0.3 is 14.6 Å². The van der Waals surface area contributed by atoms with Crippen LogP contribution < -0.4 is 4.74 Å². The zero-order chi connectivity index (χ0) is 20.7. The van der Waals surface area contributed by atoms with Crippen LogP contribution in [0, 0.1) is 10.8 Å². The molecule has 0 aromatic heterocycles. The Bertz CT molecular complexity index is 850. The minimum absolute atomic E-state index is 0.157. The van der Waals surface area contributed by atoms with E-state index in [1.54, 1.807) is 31.4 Å². The summed E-state index contributed by atoms with van der Waals surface area (Å²) in [6, 6.07) is 7.00. The van der Waals surface area contributed by atoms with Crippen LogP contribution in [-0.4, -0.2) is 44.1 Å². The second kappa shape index (κ2) is 7.34. The molecule has 0 unspecified atom stereocenters. The maximum Gasteiger partial charge on any atom is 0.302 e. The lowest BCUT2D eigenvalue weighted by Gasteiger charge is -2.53. The van der Waals surface area contributed by atoms with Crippen molar-refractivity contribution in [1.29, 1.82) is 0 Å². The molecule has 0 heterocycles. The second-order valence-corrected chi connectivity index (χ2v) is 10.8. The number of carbonyl (C=O) groups excluding carboxylic acids is 1. The maximum atomic E-state index is 13.5. The molecule has 0 bridgehead atoms. The van der Waals surface area contributed by atoms with Crippen LogP contribution in [-0.2, 0) is 25.1 Å². The van der Waals surface area contributed by atoms with Crippen LogP contribution in [0.2, 0.25) is 0 Å². The van der Waals surface area contributed by atoms with Gasteiger partial charge in [0.1, 0.15) is 11.9 Å². The molecule has 0 amide bonds. The Hall–Kier alpha value is -1.60. The Kier molecular flexibility index (Phi) is 5.53. The normalized spacial score (nSPS) is 35.2. The number of hydrogen-bond acceptors (Lipinski definition) is 6. The van der Waals surface area contributed by atoms with Crippen molar-refractivity contribution in [2.24, 2.45) is 10.8 Å². The fourth-order valence-electron chi connectivity index (χ4n) is 5.45. The molecule has 0 saturated heterocycles. The number of hydrogen-bond donors (Lipinski definition) is 1. The van der Waals surface area contributed by atoms with E-state index >= 15 is 0 Å². The molecule has 3 rings (SSSR count). The molecule has 0 aliphatic heterocycles. The summed E-state index contributed by atoms with van der Waals surface area (Å²) >= 11 is 0. The van der Waals surface area contributed by atoms with Crippen LogP contribution in [0.15, 0.2) is 24.3 Å². The molecule has 2 aliphatic carbocycles. The molecule has 0 radical (unpaired) electrons. The highest BCUT2D eigenvalue weighted by molar-refractivity contribution is 7.91. The third kappa shape index (κ3) is 3.43. The van der Waals surface area contributed by atoms with Crippen molar-refractivity contribution in [3.05, 3.63) is 29.8 Å². The molecule has 2 fully saturated rings. The topological polar surface area (TPSA) is 89.9 Å². The van der Waals surface area contributed by atoms with Crippen LogP contribution in [0.25, 0.3) is 0 Å².